The molecule has 30 heavy (non-hydrogen) atoms. The van der Waals surface area contributed by atoms with Crippen LogP contribution >= 0.6 is 0 Å². The number of aliphatic carboxylic acids is 1. The number of piperidine rings is 1. The van der Waals surface area contributed by atoms with Crippen molar-refractivity contribution in [3.63, 3.8) is 0 Å². The highest BCUT2D eigenvalue weighted by Gasteiger charge is 2.46. The summed E-state index contributed by atoms with van der Waals surface area (Å²) in [5.41, 5.74) is 6.82. The number of likely N-dealkylation sites (tertiary alicyclic amines) is 1. The highest BCUT2D eigenvalue weighted by molar-refractivity contribution is 6.40. The van der Waals surface area contributed by atoms with Gasteiger partial charge in [-0.2, -0.15) is 0 Å². The molecule has 1 heterocycles. The van der Waals surface area contributed by atoms with Gasteiger partial charge in [-0.1, -0.05) is 43.2 Å². The van der Waals surface area contributed by atoms with Crippen LogP contribution in [-0.2, 0) is 11.2 Å². The number of carboxylic acids is 1. The summed E-state index contributed by atoms with van der Waals surface area (Å²) in [6.45, 7) is 2.73. The SMILES string of the molecule is NC(CCCCB(O)O)(CCN1CCC(Cc2ccccc2)(C2CC2)CC1)C(=O)O. The summed E-state index contributed by atoms with van der Waals surface area (Å²) in [6.07, 6.45) is 8.39. The summed E-state index contributed by atoms with van der Waals surface area (Å²) in [7, 11) is -1.34. The highest BCUT2D eigenvalue weighted by Crippen LogP contribution is 2.53. The molecule has 1 aromatic carbocycles. The van der Waals surface area contributed by atoms with Gasteiger partial charge in [0.2, 0.25) is 0 Å². The Balaban J connectivity index is 1.49. The Labute approximate surface area is 180 Å². The summed E-state index contributed by atoms with van der Waals surface area (Å²) in [6, 6.07) is 10.8. The number of nitrogens with zero attached hydrogens (tertiary/aromatic N) is 1. The van der Waals surface area contributed by atoms with Crippen molar-refractivity contribution in [2.24, 2.45) is 17.1 Å². The van der Waals surface area contributed by atoms with Crippen molar-refractivity contribution in [2.75, 3.05) is 19.6 Å². The molecule has 1 atom stereocenters. The summed E-state index contributed by atoms with van der Waals surface area (Å²) >= 11 is 0. The van der Waals surface area contributed by atoms with Gasteiger partial charge < -0.3 is 25.8 Å². The van der Waals surface area contributed by atoms with Crippen LogP contribution in [0.2, 0.25) is 6.32 Å². The third-order valence-electron chi connectivity index (χ3n) is 7.33. The molecule has 1 saturated carbocycles. The smallest absolute Gasteiger partial charge is 0.451 e. The predicted octanol–water partition coefficient (Wildman–Crippen LogP) is 2.54. The van der Waals surface area contributed by atoms with Crippen molar-refractivity contribution >= 4 is 13.1 Å². The first kappa shape index (κ1) is 23.3. The quantitative estimate of drug-likeness (QED) is 0.308. The lowest BCUT2D eigenvalue weighted by Crippen LogP contribution is -2.51. The molecule has 2 fully saturated rings. The van der Waals surface area contributed by atoms with Crippen LogP contribution in [0, 0.1) is 11.3 Å². The first-order chi connectivity index (χ1) is 14.3. The average Bonchev–Trinajstić information content (AvgIpc) is 3.57. The lowest BCUT2D eigenvalue weighted by molar-refractivity contribution is -0.144. The van der Waals surface area contributed by atoms with Gasteiger partial charge in [0.1, 0.15) is 5.54 Å². The van der Waals surface area contributed by atoms with Crippen molar-refractivity contribution < 1.29 is 19.9 Å². The third-order valence-corrected chi connectivity index (χ3v) is 7.33. The molecule has 1 saturated heterocycles. The van der Waals surface area contributed by atoms with E-state index in [9.17, 15) is 9.90 Å². The van der Waals surface area contributed by atoms with Crippen molar-refractivity contribution in [2.45, 2.75) is 69.6 Å². The monoisotopic (exact) mass is 416 g/mol. The van der Waals surface area contributed by atoms with E-state index in [-0.39, 0.29) is 6.32 Å². The van der Waals surface area contributed by atoms with E-state index in [0.717, 1.165) is 25.4 Å². The molecule has 1 aromatic rings. The molecule has 1 unspecified atom stereocenters. The van der Waals surface area contributed by atoms with Crippen molar-refractivity contribution in [1.29, 1.82) is 0 Å². The van der Waals surface area contributed by atoms with Gasteiger partial charge >= 0.3 is 13.1 Å². The zero-order valence-corrected chi connectivity index (χ0v) is 18.0. The Kier molecular flexibility index (Phi) is 7.96. The number of hydrogen-bond acceptors (Lipinski definition) is 5. The molecule has 0 aromatic heterocycles. The number of rotatable bonds is 12. The average molecular weight is 416 g/mol. The Bertz CT molecular complexity index is 675. The van der Waals surface area contributed by atoms with Crippen LogP contribution < -0.4 is 5.73 Å². The van der Waals surface area contributed by atoms with Crippen LogP contribution in [0.5, 0.6) is 0 Å². The molecule has 7 heteroatoms. The van der Waals surface area contributed by atoms with E-state index < -0.39 is 18.6 Å². The van der Waals surface area contributed by atoms with Gasteiger partial charge in [-0.05, 0) is 81.3 Å². The van der Waals surface area contributed by atoms with E-state index >= 15 is 0 Å². The fourth-order valence-corrected chi connectivity index (χ4v) is 5.11. The fourth-order valence-electron chi connectivity index (χ4n) is 5.11. The Morgan fingerprint density at radius 2 is 1.80 bits per heavy atom. The summed E-state index contributed by atoms with van der Waals surface area (Å²) in [5.74, 6) is -0.116. The molecule has 1 aliphatic heterocycles. The van der Waals surface area contributed by atoms with Crippen LogP contribution in [0.25, 0.3) is 0 Å². The molecule has 166 valence electrons. The van der Waals surface area contributed by atoms with Gasteiger partial charge in [-0.3, -0.25) is 4.79 Å². The van der Waals surface area contributed by atoms with E-state index in [4.69, 9.17) is 15.8 Å². The number of nitrogens with two attached hydrogens (primary N) is 1. The van der Waals surface area contributed by atoms with Gasteiger partial charge in [-0.25, -0.2) is 0 Å². The predicted molar refractivity (Wildman–Crippen MR) is 119 cm³/mol. The van der Waals surface area contributed by atoms with Crippen molar-refractivity contribution in [1.82, 2.24) is 4.90 Å². The largest absolute Gasteiger partial charge is 0.480 e. The minimum Gasteiger partial charge on any atom is -0.480 e. The zero-order valence-electron chi connectivity index (χ0n) is 18.0. The first-order valence-corrected chi connectivity index (χ1v) is 11.5. The summed E-state index contributed by atoms with van der Waals surface area (Å²) < 4.78 is 0. The van der Waals surface area contributed by atoms with Crippen molar-refractivity contribution in [3.8, 4) is 0 Å². The van der Waals surface area contributed by atoms with Crippen LogP contribution in [0.4, 0.5) is 0 Å². The molecule has 0 amide bonds. The van der Waals surface area contributed by atoms with E-state index in [2.05, 4.69) is 35.2 Å². The van der Waals surface area contributed by atoms with Crippen LogP contribution in [0.3, 0.4) is 0 Å². The molecule has 5 N–H and O–H groups in total. The standard InChI is InChI=1S/C23H37BN2O4/c25-23(21(27)28,10-4-5-14-24(29)30)13-17-26-15-11-22(12-16-26,20-8-9-20)18-19-6-2-1-3-7-19/h1-3,6-7,20,29-30H,4-5,8-18,25H2,(H,27,28). The lowest BCUT2D eigenvalue weighted by Gasteiger charge is -2.43. The molecule has 6 nitrogen and oxygen atoms in total. The maximum Gasteiger partial charge on any atom is 0.451 e. The maximum atomic E-state index is 11.8. The Morgan fingerprint density at radius 1 is 1.13 bits per heavy atom. The second kappa shape index (κ2) is 10.3. The Morgan fingerprint density at radius 3 is 2.37 bits per heavy atom. The fraction of sp³-hybridized carbons (Fsp3) is 0.696. The first-order valence-electron chi connectivity index (χ1n) is 11.5. The number of carboxylic acid groups (broad SMARTS) is 1. The van der Waals surface area contributed by atoms with E-state index in [0.29, 0.717) is 37.6 Å². The molecule has 0 radical (unpaired) electrons. The normalized spacial score (nSPS) is 21.2. The van der Waals surface area contributed by atoms with Crippen molar-refractivity contribution in [3.05, 3.63) is 35.9 Å². The van der Waals surface area contributed by atoms with Gasteiger partial charge in [0.05, 0.1) is 0 Å². The molecular formula is C23H37BN2O4. The number of unbranched alkanes of at least 4 members (excludes halogenated alkanes) is 1. The minimum atomic E-state index is -1.34. The summed E-state index contributed by atoms with van der Waals surface area (Å²) in [4.78, 5) is 14.2. The molecule has 0 spiro atoms. The summed E-state index contributed by atoms with van der Waals surface area (Å²) in [5, 5.41) is 27.5. The van der Waals surface area contributed by atoms with Crippen LogP contribution in [-0.4, -0.2) is 58.3 Å². The van der Waals surface area contributed by atoms with Gasteiger partial charge in [0.25, 0.3) is 0 Å². The van der Waals surface area contributed by atoms with Gasteiger partial charge in [-0.15, -0.1) is 0 Å². The van der Waals surface area contributed by atoms with Gasteiger partial charge in [0, 0.05) is 6.54 Å². The second-order valence-corrected chi connectivity index (χ2v) is 9.58. The minimum absolute atomic E-state index is 0.256. The number of hydrogen-bond donors (Lipinski definition) is 4. The number of benzene rings is 1. The van der Waals surface area contributed by atoms with E-state index in [1.807, 2.05) is 0 Å². The van der Waals surface area contributed by atoms with Crippen LogP contribution in [0.15, 0.2) is 30.3 Å². The third kappa shape index (κ3) is 6.30. The zero-order chi connectivity index (χ0) is 21.6. The molecule has 2 aliphatic rings. The van der Waals surface area contributed by atoms with E-state index in [1.165, 1.54) is 31.2 Å². The maximum absolute atomic E-state index is 11.8. The molecular weight excluding hydrogens is 379 g/mol. The molecule has 3 rings (SSSR count). The topological polar surface area (TPSA) is 107 Å². The number of carbonyl (C=O) groups is 1. The lowest BCUT2D eigenvalue weighted by atomic mass is 9.70. The van der Waals surface area contributed by atoms with Crippen LogP contribution in [0.1, 0.15) is 56.9 Å². The molecule has 1 aliphatic carbocycles. The van der Waals surface area contributed by atoms with E-state index in [1.54, 1.807) is 0 Å². The second-order valence-electron chi connectivity index (χ2n) is 9.58. The highest BCUT2D eigenvalue weighted by atomic mass is 16.4. The Hall–Kier alpha value is -1.41. The molecule has 0 bridgehead atoms. The van der Waals surface area contributed by atoms with Gasteiger partial charge in [0.15, 0.2) is 0 Å².